The standard InChI is InChI=1S/C26H22N2O3S/c29-26(24-14-6-9-19-8-4-5-13-23(19)24)27-21-16-15-20-10-7-17-28(25(20)18-21)32(30,31)22-11-2-1-3-12-22/h1-6,8-9,11-16,18H,7,10,17H2,(H,27,29). The molecule has 0 saturated carbocycles. The molecule has 0 unspecified atom stereocenters. The predicted molar refractivity (Wildman–Crippen MR) is 128 cm³/mol. The van der Waals surface area contributed by atoms with Crippen molar-refractivity contribution in [3.05, 3.63) is 102 Å². The van der Waals surface area contributed by atoms with Crippen LogP contribution in [-0.4, -0.2) is 20.9 Å². The molecule has 4 aromatic rings. The van der Waals surface area contributed by atoms with Crippen molar-refractivity contribution in [3.8, 4) is 0 Å². The molecule has 5 nitrogen and oxygen atoms in total. The smallest absolute Gasteiger partial charge is 0.264 e. The van der Waals surface area contributed by atoms with Crippen molar-refractivity contribution in [1.82, 2.24) is 0 Å². The lowest BCUT2D eigenvalue weighted by Crippen LogP contribution is -2.35. The van der Waals surface area contributed by atoms with E-state index in [2.05, 4.69) is 5.32 Å². The minimum Gasteiger partial charge on any atom is -0.322 e. The van der Waals surface area contributed by atoms with Crippen LogP contribution in [-0.2, 0) is 16.4 Å². The molecule has 0 radical (unpaired) electrons. The van der Waals surface area contributed by atoms with E-state index >= 15 is 0 Å². The van der Waals surface area contributed by atoms with E-state index in [1.54, 1.807) is 42.5 Å². The van der Waals surface area contributed by atoms with Gasteiger partial charge in [0.1, 0.15) is 0 Å². The Labute approximate surface area is 187 Å². The van der Waals surface area contributed by atoms with Gasteiger partial charge in [0.2, 0.25) is 0 Å². The van der Waals surface area contributed by atoms with Crippen LogP contribution in [0.15, 0.2) is 95.9 Å². The fourth-order valence-corrected chi connectivity index (χ4v) is 5.76. The monoisotopic (exact) mass is 442 g/mol. The molecule has 0 fully saturated rings. The summed E-state index contributed by atoms with van der Waals surface area (Å²) < 4.78 is 28.0. The zero-order valence-corrected chi connectivity index (χ0v) is 18.2. The van der Waals surface area contributed by atoms with Gasteiger partial charge in [-0.15, -0.1) is 0 Å². The van der Waals surface area contributed by atoms with Gasteiger partial charge in [-0.3, -0.25) is 9.10 Å². The molecule has 0 aliphatic carbocycles. The Morgan fingerprint density at radius 1 is 0.844 bits per heavy atom. The largest absolute Gasteiger partial charge is 0.322 e. The third-order valence-electron chi connectivity index (χ3n) is 5.78. The molecule has 0 aromatic heterocycles. The topological polar surface area (TPSA) is 66.5 Å². The summed E-state index contributed by atoms with van der Waals surface area (Å²) in [4.78, 5) is 13.3. The number of benzene rings is 4. The molecule has 1 heterocycles. The SMILES string of the molecule is O=C(Nc1ccc2c(c1)N(S(=O)(=O)c1ccccc1)CCC2)c1cccc2ccccc12. The van der Waals surface area contributed by atoms with Gasteiger partial charge in [0.25, 0.3) is 15.9 Å². The first-order chi connectivity index (χ1) is 15.5. The van der Waals surface area contributed by atoms with Crippen LogP contribution < -0.4 is 9.62 Å². The minimum atomic E-state index is -3.68. The average Bonchev–Trinajstić information content (AvgIpc) is 2.83. The molecule has 0 bridgehead atoms. The zero-order valence-electron chi connectivity index (χ0n) is 17.4. The quantitative estimate of drug-likeness (QED) is 0.470. The number of hydrogen-bond acceptors (Lipinski definition) is 3. The van der Waals surface area contributed by atoms with Gasteiger partial charge in [-0.2, -0.15) is 0 Å². The molecule has 32 heavy (non-hydrogen) atoms. The highest BCUT2D eigenvalue weighted by Crippen LogP contribution is 2.34. The summed E-state index contributed by atoms with van der Waals surface area (Å²) >= 11 is 0. The lowest BCUT2D eigenvalue weighted by atomic mass is 10.0. The Morgan fingerprint density at radius 3 is 2.44 bits per heavy atom. The van der Waals surface area contributed by atoms with Crippen molar-refractivity contribution in [2.75, 3.05) is 16.2 Å². The summed E-state index contributed by atoms with van der Waals surface area (Å²) in [5.74, 6) is -0.227. The van der Waals surface area contributed by atoms with E-state index in [0.717, 1.165) is 29.2 Å². The van der Waals surface area contributed by atoms with E-state index in [0.29, 0.717) is 23.5 Å². The third-order valence-corrected chi connectivity index (χ3v) is 7.61. The Balaban J connectivity index is 1.49. The summed E-state index contributed by atoms with van der Waals surface area (Å²) in [6.45, 7) is 0.408. The fraction of sp³-hybridized carbons (Fsp3) is 0.115. The van der Waals surface area contributed by atoms with Crippen molar-refractivity contribution in [2.24, 2.45) is 0 Å². The predicted octanol–water partition coefficient (Wildman–Crippen LogP) is 5.23. The van der Waals surface area contributed by atoms with Gasteiger partial charge in [-0.1, -0.05) is 60.7 Å². The molecule has 1 N–H and O–H groups in total. The molecule has 6 heteroatoms. The van der Waals surface area contributed by atoms with Crippen LogP contribution in [0, 0.1) is 0 Å². The molecule has 1 aliphatic heterocycles. The number of nitrogens with zero attached hydrogens (tertiary/aromatic N) is 1. The van der Waals surface area contributed by atoms with Gasteiger partial charge in [-0.05, 0) is 59.5 Å². The highest BCUT2D eigenvalue weighted by atomic mass is 32.2. The van der Waals surface area contributed by atoms with Gasteiger partial charge < -0.3 is 5.32 Å². The Bertz CT molecular complexity index is 1410. The summed E-state index contributed by atoms with van der Waals surface area (Å²) in [5, 5.41) is 4.82. The number of carbonyl (C=O) groups is 1. The zero-order chi connectivity index (χ0) is 22.1. The second kappa shape index (κ2) is 8.13. The molecule has 0 spiro atoms. The third kappa shape index (κ3) is 3.63. The number of amides is 1. The Kier molecular flexibility index (Phi) is 5.15. The van der Waals surface area contributed by atoms with Crippen LogP contribution in [0.5, 0.6) is 0 Å². The number of nitrogens with one attached hydrogen (secondary N) is 1. The van der Waals surface area contributed by atoms with Gasteiger partial charge in [0.05, 0.1) is 10.6 Å². The van der Waals surface area contributed by atoms with Crippen molar-refractivity contribution >= 4 is 38.1 Å². The molecule has 0 atom stereocenters. The number of aryl methyl sites for hydroxylation is 1. The normalized spacial score (nSPS) is 13.6. The number of carbonyl (C=O) groups excluding carboxylic acids is 1. The van der Waals surface area contributed by atoms with Gasteiger partial charge >= 0.3 is 0 Å². The molecule has 1 aliphatic rings. The highest BCUT2D eigenvalue weighted by Gasteiger charge is 2.29. The maximum absolute atomic E-state index is 13.3. The first-order valence-electron chi connectivity index (χ1n) is 10.5. The van der Waals surface area contributed by atoms with Crippen molar-refractivity contribution < 1.29 is 13.2 Å². The molecular weight excluding hydrogens is 420 g/mol. The second-order valence-electron chi connectivity index (χ2n) is 7.82. The van der Waals surface area contributed by atoms with E-state index in [1.165, 1.54) is 4.31 Å². The number of anilines is 2. The fourth-order valence-electron chi connectivity index (χ4n) is 4.21. The Hall–Kier alpha value is -3.64. The second-order valence-corrected chi connectivity index (χ2v) is 9.68. The maximum Gasteiger partial charge on any atom is 0.264 e. The van der Waals surface area contributed by atoms with Crippen LogP contribution in [0.2, 0.25) is 0 Å². The van der Waals surface area contributed by atoms with Crippen molar-refractivity contribution in [1.29, 1.82) is 0 Å². The Morgan fingerprint density at radius 2 is 1.59 bits per heavy atom. The molecular formula is C26H22N2O3S. The van der Waals surface area contributed by atoms with Crippen molar-refractivity contribution in [3.63, 3.8) is 0 Å². The number of rotatable bonds is 4. The van der Waals surface area contributed by atoms with E-state index < -0.39 is 10.0 Å². The van der Waals surface area contributed by atoms with Crippen LogP contribution in [0.1, 0.15) is 22.3 Å². The van der Waals surface area contributed by atoms with Crippen molar-refractivity contribution in [2.45, 2.75) is 17.7 Å². The lowest BCUT2D eigenvalue weighted by Gasteiger charge is -2.31. The number of sulfonamides is 1. The summed E-state index contributed by atoms with van der Waals surface area (Å²) in [6, 6.07) is 27.3. The molecule has 4 aromatic carbocycles. The minimum absolute atomic E-state index is 0.227. The van der Waals surface area contributed by atoms with Crippen LogP contribution in [0.4, 0.5) is 11.4 Å². The van der Waals surface area contributed by atoms with Gasteiger partial charge in [0.15, 0.2) is 0 Å². The van der Waals surface area contributed by atoms with Crippen LogP contribution in [0.3, 0.4) is 0 Å². The van der Waals surface area contributed by atoms with Crippen LogP contribution in [0.25, 0.3) is 10.8 Å². The lowest BCUT2D eigenvalue weighted by molar-refractivity contribution is 0.102. The molecule has 160 valence electrons. The van der Waals surface area contributed by atoms with E-state index in [4.69, 9.17) is 0 Å². The molecule has 0 saturated heterocycles. The van der Waals surface area contributed by atoms with E-state index in [9.17, 15) is 13.2 Å². The number of hydrogen-bond donors (Lipinski definition) is 1. The summed E-state index contributed by atoms with van der Waals surface area (Å²) in [5.41, 5.74) is 2.72. The van der Waals surface area contributed by atoms with E-state index in [-0.39, 0.29) is 10.8 Å². The highest BCUT2D eigenvalue weighted by molar-refractivity contribution is 7.92. The van der Waals surface area contributed by atoms with Gasteiger partial charge in [0, 0.05) is 17.8 Å². The maximum atomic E-state index is 13.3. The first-order valence-corrected chi connectivity index (χ1v) is 12.0. The van der Waals surface area contributed by atoms with E-state index in [1.807, 2.05) is 48.5 Å². The molecule has 1 amide bonds. The summed E-state index contributed by atoms with van der Waals surface area (Å²) in [6.07, 6.45) is 1.55. The first kappa shape index (κ1) is 20.3. The van der Waals surface area contributed by atoms with Crippen LogP contribution >= 0.6 is 0 Å². The average molecular weight is 443 g/mol. The van der Waals surface area contributed by atoms with Gasteiger partial charge in [-0.25, -0.2) is 8.42 Å². The molecule has 5 rings (SSSR count). The number of fused-ring (bicyclic) bond motifs is 2. The summed E-state index contributed by atoms with van der Waals surface area (Å²) in [7, 11) is -3.68.